The summed E-state index contributed by atoms with van der Waals surface area (Å²) in [6.07, 6.45) is 0. The van der Waals surface area contributed by atoms with E-state index in [0.717, 1.165) is 0 Å². The van der Waals surface area contributed by atoms with Gasteiger partial charge in [-0.3, -0.25) is 0 Å². The number of phenolic OH excluding ortho intramolecular Hbond substituents is 1. The van der Waals surface area contributed by atoms with Gasteiger partial charge in [-0.2, -0.15) is 0 Å². The van der Waals surface area contributed by atoms with E-state index >= 15 is 0 Å². The zero-order valence-corrected chi connectivity index (χ0v) is 11.0. The Morgan fingerprint density at radius 1 is 1.21 bits per heavy atom. The smallest absolute Gasteiger partial charge is 0.338 e. The molecule has 0 amide bonds. The Morgan fingerprint density at radius 3 is 2.37 bits per heavy atom. The monoisotopic (exact) mass is 284 g/mol. The van der Waals surface area contributed by atoms with Gasteiger partial charge in [-0.25, -0.2) is 4.79 Å². The van der Waals surface area contributed by atoms with Crippen LogP contribution in [-0.4, -0.2) is 37.5 Å². The van der Waals surface area contributed by atoms with Crippen molar-refractivity contribution in [1.82, 2.24) is 0 Å². The number of aromatic hydroxyl groups is 1. The Kier molecular flexibility index (Phi) is 3.41. The van der Waals surface area contributed by atoms with E-state index in [4.69, 9.17) is 23.4 Å². The van der Waals surface area contributed by atoms with Gasteiger partial charge in [-0.15, -0.1) is 0 Å². The Morgan fingerprint density at radius 2 is 1.79 bits per heavy atom. The SMILES string of the molecule is O=C(OCC12COP(OC1)OC2)c1ccc(O)cc1. The lowest BCUT2D eigenvalue weighted by Crippen LogP contribution is -2.47. The van der Waals surface area contributed by atoms with Gasteiger partial charge in [0.1, 0.15) is 12.4 Å². The number of hydrogen-bond acceptors (Lipinski definition) is 6. The number of benzene rings is 1. The topological polar surface area (TPSA) is 74.2 Å². The van der Waals surface area contributed by atoms with Gasteiger partial charge in [0.25, 0.3) is 0 Å². The van der Waals surface area contributed by atoms with Gasteiger partial charge in [0.05, 0.1) is 30.8 Å². The van der Waals surface area contributed by atoms with Gasteiger partial charge >= 0.3 is 14.6 Å². The van der Waals surface area contributed by atoms with Crippen molar-refractivity contribution in [1.29, 1.82) is 0 Å². The molecule has 1 N–H and O–H groups in total. The van der Waals surface area contributed by atoms with E-state index in [9.17, 15) is 4.79 Å². The quantitative estimate of drug-likeness (QED) is 0.674. The van der Waals surface area contributed by atoms with E-state index < -0.39 is 20.0 Å². The van der Waals surface area contributed by atoms with Crippen molar-refractivity contribution in [2.75, 3.05) is 26.4 Å². The van der Waals surface area contributed by atoms with E-state index in [1.165, 1.54) is 24.3 Å². The molecule has 0 aliphatic carbocycles. The van der Waals surface area contributed by atoms with Gasteiger partial charge in [0.2, 0.25) is 0 Å². The number of rotatable bonds is 3. The molecule has 0 radical (unpaired) electrons. The second-order valence-electron chi connectivity index (χ2n) is 4.67. The maximum Gasteiger partial charge on any atom is 0.338 e. The number of hydrogen-bond donors (Lipinski definition) is 1. The van der Waals surface area contributed by atoms with Crippen LogP contribution in [0.5, 0.6) is 5.75 Å². The summed E-state index contributed by atoms with van der Waals surface area (Å²) < 4.78 is 21.3. The first-order valence-corrected chi connectivity index (χ1v) is 6.92. The van der Waals surface area contributed by atoms with Crippen molar-refractivity contribution in [2.24, 2.45) is 5.41 Å². The molecule has 6 nitrogen and oxygen atoms in total. The van der Waals surface area contributed by atoms with Gasteiger partial charge in [0.15, 0.2) is 0 Å². The van der Waals surface area contributed by atoms with E-state index in [-0.39, 0.29) is 12.4 Å². The van der Waals surface area contributed by atoms with Gasteiger partial charge in [-0.1, -0.05) is 0 Å². The summed E-state index contributed by atoms with van der Waals surface area (Å²) in [7, 11) is -1.18. The van der Waals surface area contributed by atoms with Crippen LogP contribution in [0.1, 0.15) is 10.4 Å². The van der Waals surface area contributed by atoms with Crippen LogP contribution >= 0.6 is 8.60 Å². The van der Waals surface area contributed by atoms with Crippen LogP contribution in [0.4, 0.5) is 0 Å². The van der Waals surface area contributed by atoms with E-state index in [1.54, 1.807) is 0 Å². The van der Waals surface area contributed by atoms with Gasteiger partial charge in [0, 0.05) is 0 Å². The lowest BCUT2D eigenvalue weighted by atomic mass is 9.92. The molecule has 19 heavy (non-hydrogen) atoms. The number of phenols is 1. The Hall–Kier alpha value is -1.20. The summed E-state index contributed by atoms with van der Waals surface area (Å²) in [5.74, 6) is -0.328. The molecule has 102 valence electrons. The zero-order valence-electron chi connectivity index (χ0n) is 10.1. The number of fused-ring (bicyclic) bond motifs is 3. The fourth-order valence-electron chi connectivity index (χ4n) is 1.83. The molecule has 0 spiro atoms. The summed E-state index contributed by atoms with van der Waals surface area (Å²) in [6, 6.07) is 5.91. The number of esters is 1. The fraction of sp³-hybridized carbons (Fsp3) is 0.417. The summed E-state index contributed by atoms with van der Waals surface area (Å²) in [4.78, 5) is 11.8. The minimum atomic E-state index is -1.18. The highest BCUT2D eigenvalue weighted by Crippen LogP contribution is 2.53. The second-order valence-corrected chi connectivity index (χ2v) is 5.89. The third kappa shape index (κ3) is 2.72. The molecule has 3 aliphatic heterocycles. The number of carbonyl (C=O) groups is 1. The summed E-state index contributed by atoms with van der Waals surface area (Å²) in [6.45, 7) is 1.65. The molecule has 3 aliphatic rings. The first kappa shape index (κ1) is 12.8. The standard InChI is InChI=1S/C12H13O6P/c13-10-3-1-9(2-4-10)11(14)15-5-12-6-16-19(17-7-12)18-8-12/h1-4,13H,5-8H2. The van der Waals surface area contributed by atoms with Crippen molar-refractivity contribution >= 4 is 14.6 Å². The number of carbonyl (C=O) groups excluding carboxylic acids is 1. The molecule has 7 heteroatoms. The maximum absolute atomic E-state index is 11.8. The lowest BCUT2D eigenvalue weighted by molar-refractivity contribution is -0.0999. The maximum atomic E-state index is 11.8. The van der Waals surface area contributed by atoms with Crippen molar-refractivity contribution in [2.45, 2.75) is 0 Å². The van der Waals surface area contributed by atoms with Crippen molar-refractivity contribution in [3.63, 3.8) is 0 Å². The first-order chi connectivity index (χ1) is 9.17. The summed E-state index contributed by atoms with van der Waals surface area (Å²) in [5.41, 5.74) is -0.00486. The molecule has 0 atom stereocenters. The Labute approximate surface area is 111 Å². The van der Waals surface area contributed by atoms with Crippen LogP contribution < -0.4 is 0 Å². The third-order valence-corrected chi connectivity index (χ3v) is 4.06. The molecule has 2 bridgehead atoms. The fourth-order valence-corrected chi connectivity index (χ4v) is 3.19. The predicted molar refractivity (Wildman–Crippen MR) is 65.6 cm³/mol. The van der Waals surface area contributed by atoms with Gasteiger partial charge in [-0.05, 0) is 24.3 Å². The number of ether oxygens (including phenoxy) is 1. The van der Waals surface area contributed by atoms with E-state index in [2.05, 4.69) is 0 Å². The Balaban J connectivity index is 1.59. The Bertz CT molecular complexity index is 452. The molecule has 1 aromatic rings. The second kappa shape index (κ2) is 5.06. The van der Waals surface area contributed by atoms with Crippen molar-refractivity contribution < 1.29 is 28.2 Å². The van der Waals surface area contributed by atoms with Crippen LogP contribution in [0.3, 0.4) is 0 Å². The molecule has 0 unspecified atom stereocenters. The summed E-state index contributed by atoms with van der Waals surface area (Å²) >= 11 is 0. The predicted octanol–water partition coefficient (Wildman–Crippen LogP) is 1.84. The van der Waals surface area contributed by atoms with Crippen molar-refractivity contribution in [3.8, 4) is 5.75 Å². The van der Waals surface area contributed by atoms with Crippen LogP contribution in [0, 0.1) is 5.41 Å². The largest absolute Gasteiger partial charge is 0.508 e. The highest BCUT2D eigenvalue weighted by molar-refractivity contribution is 7.41. The average molecular weight is 284 g/mol. The van der Waals surface area contributed by atoms with E-state index in [1.807, 2.05) is 0 Å². The lowest BCUT2D eigenvalue weighted by Gasteiger charge is -2.43. The first-order valence-electron chi connectivity index (χ1n) is 5.82. The molecule has 0 aromatic heterocycles. The zero-order chi connectivity index (χ0) is 13.3. The molecule has 4 rings (SSSR count). The van der Waals surface area contributed by atoms with Crippen LogP contribution in [-0.2, 0) is 18.3 Å². The molecule has 1 aromatic carbocycles. The van der Waals surface area contributed by atoms with Crippen LogP contribution in [0.15, 0.2) is 24.3 Å². The summed E-state index contributed by atoms with van der Waals surface area (Å²) in [5, 5.41) is 9.16. The molecule has 3 saturated heterocycles. The minimum Gasteiger partial charge on any atom is -0.508 e. The highest BCUT2D eigenvalue weighted by atomic mass is 31.2. The van der Waals surface area contributed by atoms with Crippen LogP contribution in [0.25, 0.3) is 0 Å². The normalized spacial score (nSPS) is 29.2. The molecular weight excluding hydrogens is 271 g/mol. The molecular formula is C12H13O6P. The molecule has 3 heterocycles. The van der Waals surface area contributed by atoms with E-state index in [0.29, 0.717) is 25.4 Å². The third-order valence-electron chi connectivity index (χ3n) is 3.04. The minimum absolute atomic E-state index is 0.110. The molecule has 3 fully saturated rings. The highest BCUT2D eigenvalue weighted by Gasteiger charge is 2.45. The van der Waals surface area contributed by atoms with Crippen LogP contribution in [0.2, 0.25) is 0 Å². The average Bonchev–Trinajstić information content (AvgIpc) is 2.48. The molecule has 0 saturated carbocycles. The van der Waals surface area contributed by atoms with Crippen molar-refractivity contribution in [3.05, 3.63) is 29.8 Å². The van der Waals surface area contributed by atoms with Gasteiger partial charge < -0.3 is 23.4 Å².